The predicted molar refractivity (Wildman–Crippen MR) is 110 cm³/mol. The molecular formula is C23H34N4O3. The average molecular weight is 415 g/mol. The molecule has 2 amide bonds. The van der Waals surface area contributed by atoms with Crippen LogP contribution in [-0.2, 0) is 9.59 Å². The average Bonchev–Trinajstić information content (AvgIpc) is 3.32. The Balaban J connectivity index is 1.48. The maximum atomic E-state index is 13.9. The van der Waals surface area contributed by atoms with E-state index in [9.17, 15) is 20.0 Å². The van der Waals surface area contributed by atoms with E-state index in [0.717, 1.165) is 44.9 Å². The first-order chi connectivity index (χ1) is 14.1. The second kappa shape index (κ2) is 6.67. The number of carbonyl (C=O) groups is 2. The van der Waals surface area contributed by atoms with E-state index in [2.05, 4.69) is 11.4 Å². The minimum atomic E-state index is -0.727. The first-order valence-corrected chi connectivity index (χ1v) is 11.6. The molecule has 7 atom stereocenters. The summed E-state index contributed by atoms with van der Waals surface area (Å²) in [6.45, 7) is 3.80. The fourth-order valence-electron chi connectivity index (χ4n) is 7.68. The number of nitrogens with zero attached hydrogens (tertiary/aromatic N) is 2. The minimum absolute atomic E-state index is 0.0345. The molecule has 4 N–H and O–H groups in total. The molecule has 7 unspecified atom stereocenters. The van der Waals surface area contributed by atoms with Crippen LogP contribution >= 0.6 is 0 Å². The molecule has 6 fully saturated rings. The van der Waals surface area contributed by atoms with Crippen LogP contribution in [0.5, 0.6) is 0 Å². The zero-order chi connectivity index (χ0) is 21.4. The number of hydrogen-bond donors (Lipinski definition) is 3. The summed E-state index contributed by atoms with van der Waals surface area (Å²) in [5.74, 6) is 0.774. The summed E-state index contributed by atoms with van der Waals surface area (Å²) in [6.07, 6.45) is 6.69. The van der Waals surface area contributed by atoms with Crippen molar-refractivity contribution in [1.82, 2.24) is 10.2 Å². The highest BCUT2D eigenvalue weighted by Crippen LogP contribution is 2.63. The number of carbonyl (C=O) groups excluding carboxylic acids is 2. The molecule has 1 heterocycles. The van der Waals surface area contributed by atoms with Crippen LogP contribution in [0.25, 0.3) is 0 Å². The van der Waals surface area contributed by atoms with Gasteiger partial charge in [0.15, 0.2) is 0 Å². The highest BCUT2D eigenvalue weighted by atomic mass is 16.3. The number of hydrogen-bond acceptors (Lipinski definition) is 5. The molecule has 1 saturated heterocycles. The molecule has 4 bridgehead atoms. The van der Waals surface area contributed by atoms with Crippen LogP contribution < -0.4 is 11.1 Å². The first kappa shape index (κ1) is 20.3. The Bertz CT molecular complexity index is 791. The van der Waals surface area contributed by atoms with Gasteiger partial charge in [-0.05, 0) is 75.0 Å². The van der Waals surface area contributed by atoms with Crippen molar-refractivity contribution in [1.29, 1.82) is 5.26 Å². The van der Waals surface area contributed by atoms with Crippen molar-refractivity contribution in [2.45, 2.75) is 95.0 Å². The largest absolute Gasteiger partial charge is 0.390 e. The van der Waals surface area contributed by atoms with Gasteiger partial charge in [-0.15, -0.1) is 0 Å². The number of aliphatic hydroxyl groups is 1. The van der Waals surface area contributed by atoms with E-state index in [1.54, 1.807) is 4.90 Å². The normalized spacial score (nSPS) is 45.1. The zero-order valence-electron chi connectivity index (χ0n) is 18.0. The van der Waals surface area contributed by atoms with E-state index in [0.29, 0.717) is 24.2 Å². The summed E-state index contributed by atoms with van der Waals surface area (Å²) in [4.78, 5) is 28.7. The molecule has 30 heavy (non-hydrogen) atoms. The predicted octanol–water partition coefficient (Wildman–Crippen LogP) is 1.30. The number of nitrogens with two attached hydrogens (primary N) is 1. The second-order valence-electron chi connectivity index (χ2n) is 11.4. The van der Waals surface area contributed by atoms with Gasteiger partial charge < -0.3 is 21.1 Å². The molecule has 1 aliphatic heterocycles. The topological polar surface area (TPSA) is 119 Å². The highest BCUT2D eigenvalue weighted by molar-refractivity contribution is 5.91. The summed E-state index contributed by atoms with van der Waals surface area (Å²) in [5, 5.41) is 23.9. The number of nitrogens with one attached hydrogen (secondary N) is 1. The molecule has 0 aromatic heterocycles. The Morgan fingerprint density at radius 2 is 1.83 bits per heavy atom. The summed E-state index contributed by atoms with van der Waals surface area (Å²) in [5.41, 5.74) is 4.97. The lowest BCUT2D eigenvalue weighted by Gasteiger charge is -2.62. The number of nitriles is 1. The lowest BCUT2D eigenvalue weighted by Crippen LogP contribution is -2.67. The molecule has 0 aromatic carbocycles. The summed E-state index contributed by atoms with van der Waals surface area (Å²) >= 11 is 0. The number of rotatable bonds is 5. The molecule has 0 aromatic rings. The molecule has 6 rings (SSSR count). The van der Waals surface area contributed by atoms with Gasteiger partial charge >= 0.3 is 0 Å². The quantitative estimate of drug-likeness (QED) is 0.626. The van der Waals surface area contributed by atoms with E-state index >= 15 is 0 Å². The van der Waals surface area contributed by atoms with Crippen LogP contribution in [-0.4, -0.2) is 51.6 Å². The van der Waals surface area contributed by atoms with Crippen LogP contribution in [0.2, 0.25) is 0 Å². The number of likely N-dealkylation sites (tertiary alicyclic amines) is 1. The Morgan fingerprint density at radius 1 is 1.17 bits per heavy atom. The maximum Gasteiger partial charge on any atom is 0.247 e. The van der Waals surface area contributed by atoms with Gasteiger partial charge in [0.25, 0.3) is 0 Å². The van der Waals surface area contributed by atoms with Crippen LogP contribution in [0.4, 0.5) is 0 Å². The molecule has 7 heteroatoms. The number of fused-ring (bicyclic) bond motifs is 1. The molecule has 5 aliphatic carbocycles. The van der Waals surface area contributed by atoms with Gasteiger partial charge in [0.2, 0.25) is 11.8 Å². The van der Waals surface area contributed by atoms with Crippen molar-refractivity contribution in [2.75, 3.05) is 0 Å². The van der Waals surface area contributed by atoms with Crippen LogP contribution in [0.3, 0.4) is 0 Å². The van der Waals surface area contributed by atoms with Crippen molar-refractivity contribution in [3.8, 4) is 6.07 Å². The highest BCUT2D eigenvalue weighted by Gasteiger charge is 2.64. The minimum Gasteiger partial charge on any atom is -0.390 e. The fourth-order valence-corrected chi connectivity index (χ4v) is 7.68. The fraction of sp³-hybridized carbons (Fsp3) is 0.870. The van der Waals surface area contributed by atoms with E-state index in [4.69, 9.17) is 5.73 Å². The molecule has 6 aliphatic rings. The van der Waals surface area contributed by atoms with E-state index in [-0.39, 0.29) is 23.8 Å². The van der Waals surface area contributed by atoms with Crippen molar-refractivity contribution in [2.24, 2.45) is 34.8 Å². The summed E-state index contributed by atoms with van der Waals surface area (Å²) < 4.78 is 0. The van der Waals surface area contributed by atoms with Gasteiger partial charge in [-0.25, -0.2) is 0 Å². The maximum absolute atomic E-state index is 13.9. The molecule has 0 radical (unpaired) electrons. The molecule has 164 valence electrons. The van der Waals surface area contributed by atoms with Gasteiger partial charge in [0.1, 0.15) is 12.1 Å². The Hall–Kier alpha value is -1.65. The summed E-state index contributed by atoms with van der Waals surface area (Å²) in [7, 11) is 0. The third-order valence-corrected chi connectivity index (χ3v) is 8.75. The third-order valence-electron chi connectivity index (χ3n) is 8.75. The van der Waals surface area contributed by atoms with Gasteiger partial charge in [-0.2, -0.15) is 5.26 Å². The molecule has 5 saturated carbocycles. The second-order valence-corrected chi connectivity index (χ2v) is 11.4. The molecule has 0 spiro atoms. The zero-order valence-corrected chi connectivity index (χ0v) is 18.0. The van der Waals surface area contributed by atoms with Gasteiger partial charge in [0.05, 0.1) is 17.7 Å². The van der Waals surface area contributed by atoms with Crippen molar-refractivity contribution in [3.05, 3.63) is 0 Å². The van der Waals surface area contributed by atoms with E-state index < -0.39 is 29.1 Å². The van der Waals surface area contributed by atoms with E-state index in [1.165, 1.54) is 0 Å². The Morgan fingerprint density at radius 3 is 2.40 bits per heavy atom. The van der Waals surface area contributed by atoms with E-state index in [1.807, 2.05) is 13.8 Å². The first-order valence-electron chi connectivity index (χ1n) is 11.6. The van der Waals surface area contributed by atoms with Crippen LogP contribution in [0, 0.1) is 40.4 Å². The standard InChI is InChI=1S/C23H34N4O3/c1-12(2)18(25)20(28)26-19(21(29)27-16(10-24)4-15-5-17(15)27)22-6-13-3-14(7-22)9-23(30,8-13)11-22/h12-19,30H,3-9,11,25H2,1-2H3,(H,26,28). The number of amides is 2. The van der Waals surface area contributed by atoms with Gasteiger partial charge in [0, 0.05) is 11.5 Å². The lowest BCUT2D eigenvalue weighted by atomic mass is 9.46. The van der Waals surface area contributed by atoms with Crippen molar-refractivity contribution >= 4 is 11.8 Å². The van der Waals surface area contributed by atoms with Crippen LogP contribution in [0.1, 0.15) is 65.2 Å². The monoisotopic (exact) mass is 414 g/mol. The summed E-state index contributed by atoms with van der Waals surface area (Å²) in [6, 6.07) is 0.645. The van der Waals surface area contributed by atoms with Crippen molar-refractivity contribution in [3.63, 3.8) is 0 Å². The molecule has 7 nitrogen and oxygen atoms in total. The van der Waals surface area contributed by atoms with Gasteiger partial charge in [-0.1, -0.05) is 13.8 Å². The smallest absolute Gasteiger partial charge is 0.247 e. The molecular weight excluding hydrogens is 380 g/mol. The third kappa shape index (κ3) is 3.06. The SMILES string of the molecule is CC(C)C(N)C(=O)NC(C(=O)N1C(C#N)CC2CC21)C12CC3CC(CC(O)(C3)C1)C2. The van der Waals surface area contributed by atoms with Gasteiger partial charge in [-0.3, -0.25) is 9.59 Å². The van der Waals surface area contributed by atoms with Crippen LogP contribution in [0.15, 0.2) is 0 Å². The van der Waals surface area contributed by atoms with Crippen molar-refractivity contribution < 1.29 is 14.7 Å². The Kier molecular flexibility index (Phi) is 4.51. The Labute approximate surface area is 178 Å². The number of piperidine rings is 1. The lowest BCUT2D eigenvalue weighted by molar-refractivity contribution is -0.182.